The van der Waals surface area contributed by atoms with E-state index in [4.69, 9.17) is 0 Å². The molecule has 0 saturated carbocycles. The first-order valence-electron chi connectivity index (χ1n) is 8.26. The average molecular weight is 349 g/mol. The van der Waals surface area contributed by atoms with Gasteiger partial charge >= 0.3 is 6.18 Å². The molecule has 3 aromatic rings. The van der Waals surface area contributed by atoms with E-state index in [2.05, 4.69) is 15.0 Å². The summed E-state index contributed by atoms with van der Waals surface area (Å²) in [4.78, 5) is 6.55. The SMILES string of the molecule is FC(F)(F)c1ccn([C@H]2CCCN(Cc3cccc4nccn34)C2)n1. The molecule has 0 unspecified atom stereocenters. The third-order valence-electron chi connectivity index (χ3n) is 4.65. The minimum atomic E-state index is -4.39. The Morgan fingerprint density at radius 2 is 2.04 bits per heavy atom. The fourth-order valence-electron chi connectivity index (χ4n) is 3.45. The Morgan fingerprint density at radius 1 is 1.16 bits per heavy atom. The van der Waals surface area contributed by atoms with Crippen molar-refractivity contribution in [1.82, 2.24) is 24.1 Å². The number of rotatable bonds is 3. The summed E-state index contributed by atoms with van der Waals surface area (Å²) in [6.07, 6.45) is 2.51. The van der Waals surface area contributed by atoms with E-state index in [0.29, 0.717) is 6.54 Å². The topological polar surface area (TPSA) is 38.4 Å². The molecule has 1 atom stereocenters. The molecule has 3 aromatic heterocycles. The van der Waals surface area contributed by atoms with E-state index in [9.17, 15) is 13.2 Å². The molecule has 0 N–H and O–H groups in total. The van der Waals surface area contributed by atoms with Crippen LogP contribution in [0.2, 0.25) is 0 Å². The number of hydrogen-bond acceptors (Lipinski definition) is 3. The molecule has 1 aliphatic rings. The minimum Gasteiger partial charge on any atom is -0.303 e. The predicted octanol–water partition coefficient (Wildman–Crippen LogP) is 3.39. The number of likely N-dealkylation sites (tertiary alicyclic amines) is 1. The highest BCUT2D eigenvalue weighted by Crippen LogP contribution is 2.29. The highest BCUT2D eigenvalue weighted by Gasteiger charge is 2.34. The molecule has 0 aliphatic carbocycles. The molecule has 0 aromatic carbocycles. The highest BCUT2D eigenvalue weighted by atomic mass is 19.4. The molecule has 1 fully saturated rings. The molecule has 1 aliphatic heterocycles. The quantitative estimate of drug-likeness (QED) is 0.728. The standard InChI is InChI=1S/C17H18F3N5/c18-17(19,20)15-6-9-25(22-15)14-4-2-8-23(12-14)11-13-3-1-5-16-21-7-10-24(13)16/h1,3,5-7,9-10,14H,2,4,8,11-12H2/t14-/m0/s1. The van der Waals surface area contributed by atoms with Crippen molar-refractivity contribution in [2.75, 3.05) is 13.1 Å². The van der Waals surface area contributed by atoms with E-state index < -0.39 is 11.9 Å². The number of fused-ring (bicyclic) bond motifs is 1. The first-order valence-corrected chi connectivity index (χ1v) is 8.26. The first kappa shape index (κ1) is 16.1. The summed E-state index contributed by atoms with van der Waals surface area (Å²) in [5.74, 6) is 0. The Bertz CT molecular complexity index is 866. The van der Waals surface area contributed by atoms with Gasteiger partial charge in [-0.05, 0) is 37.6 Å². The third kappa shape index (κ3) is 3.26. The molecule has 4 heterocycles. The number of alkyl halides is 3. The van der Waals surface area contributed by atoms with Crippen LogP contribution >= 0.6 is 0 Å². The molecule has 25 heavy (non-hydrogen) atoms. The van der Waals surface area contributed by atoms with Gasteiger partial charge in [0, 0.05) is 37.4 Å². The smallest absolute Gasteiger partial charge is 0.303 e. The lowest BCUT2D eigenvalue weighted by Crippen LogP contribution is -2.36. The van der Waals surface area contributed by atoms with Crippen molar-refractivity contribution in [2.45, 2.75) is 31.6 Å². The highest BCUT2D eigenvalue weighted by molar-refractivity contribution is 5.39. The zero-order chi connectivity index (χ0) is 17.4. The van der Waals surface area contributed by atoms with Crippen molar-refractivity contribution in [3.8, 4) is 0 Å². The molecule has 4 rings (SSSR count). The Kier molecular flexibility index (Phi) is 3.99. The lowest BCUT2D eigenvalue weighted by Gasteiger charge is -2.33. The van der Waals surface area contributed by atoms with Crippen LogP contribution in [0.5, 0.6) is 0 Å². The lowest BCUT2D eigenvalue weighted by atomic mass is 10.1. The van der Waals surface area contributed by atoms with Crippen LogP contribution < -0.4 is 0 Å². The van der Waals surface area contributed by atoms with Crippen LogP contribution in [0, 0.1) is 0 Å². The fraction of sp³-hybridized carbons (Fsp3) is 0.412. The summed E-state index contributed by atoms with van der Waals surface area (Å²) in [5.41, 5.74) is 1.19. The van der Waals surface area contributed by atoms with Crippen molar-refractivity contribution >= 4 is 5.65 Å². The second kappa shape index (κ2) is 6.18. The van der Waals surface area contributed by atoms with E-state index in [1.54, 1.807) is 6.20 Å². The van der Waals surface area contributed by atoms with Crippen LogP contribution in [0.1, 0.15) is 30.3 Å². The first-order chi connectivity index (χ1) is 12.0. The van der Waals surface area contributed by atoms with E-state index in [1.807, 2.05) is 28.8 Å². The molecule has 132 valence electrons. The van der Waals surface area contributed by atoms with Gasteiger partial charge in [0.2, 0.25) is 0 Å². The number of nitrogens with zero attached hydrogens (tertiary/aromatic N) is 5. The molecular weight excluding hydrogens is 331 g/mol. The van der Waals surface area contributed by atoms with Crippen molar-refractivity contribution in [2.24, 2.45) is 0 Å². The van der Waals surface area contributed by atoms with Crippen molar-refractivity contribution in [3.05, 3.63) is 54.2 Å². The van der Waals surface area contributed by atoms with Gasteiger partial charge in [-0.2, -0.15) is 18.3 Å². The molecule has 5 nitrogen and oxygen atoms in total. The maximum atomic E-state index is 12.8. The van der Waals surface area contributed by atoms with Gasteiger partial charge in [0.15, 0.2) is 5.69 Å². The van der Waals surface area contributed by atoms with Crippen LogP contribution in [-0.4, -0.2) is 37.2 Å². The normalized spacial score (nSPS) is 19.6. The summed E-state index contributed by atoms with van der Waals surface area (Å²) < 4.78 is 41.8. The second-order valence-corrected chi connectivity index (χ2v) is 6.38. The number of pyridine rings is 1. The zero-order valence-electron chi connectivity index (χ0n) is 13.5. The summed E-state index contributed by atoms with van der Waals surface area (Å²) in [7, 11) is 0. The molecule has 0 spiro atoms. The Labute approximate surface area is 142 Å². The van der Waals surface area contributed by atoms with Crippen molar-refractivity contribution in [3.63, 3.8) is 0 Å². The van der Waals surface area contributed by atoms with E-state index in [0.717, 1.165) is 43.3 Å². The monoisotopic (exact) mass is 349 g/mol. The molecular formula is C17H18F3N5. The Morgan fingerprint density at radius 3 is 2.84 bits per heavy atom. The number of piperidine rings is 1. The van der Waals surface area contributed by atoms with Gasteiger partial charge < -0.3 is 4.40 Å². The maximum Gasteiger partial charge on any atom is 0.435 e. The van der Waals surface area contributed by atoms with E-state index in [1.165, 1.54) is 10.9 Å². The van der Waals surface area contributed by atoms with Gasteiger partial charge in [-0.25, -0.2) is 4.98 Å². The van der Waals surface area contributed by atoms with E-state index >= 15 is 0 Å². The summed E-state index contributed by atoms with van der Waals surface area (Å²) in [6.45, 7) is 2.34. The van der Waals surface area contributed by atoms with Gasteiger partial charge in [0.1, 0.15) is 5.65 Å². The second-order valence-electron chi connectivity index (χ2n) is 6.38. The van der Waals surface area contributed by atoms with Gasteiger partial charge in [-0.1, -0.05) is 6.07 Å². The predicted molar refractivity (Wildman–Crippen MR) is 86.0 cm³/mol. The van der Waals surface area contributed by atoms with Gasteiger partial charge in [0.25, 0.3) is 0 Å². The molecule has 8 heteroatoms. The third-order valence-corrected chi connectivity index (χ3v) is 4.65. The van der Waals surface area contributed by atoms with Crippen LogP contribution in [0.4, 0.5) is 13.2 Å². The Hall–Kier alpha value is -2.35. The Balaban J connectivity index is 1.49. The number of halogens is 3. The van der Waals surface area contributed by atoms with E-state index in [-0.39, 0.29) is 6.04 Å². The maximum absolute atomic E-state index is 12.8. The summed E-state index contributed by atoms with van der Waals surface area (Å²) in [5, 5.41) is 3.74. The summed E-state index contributed by atoms with van der Waals surface area (Å²) in [6, 6.07) is 6.98. The van der Waals surface area contributed by atoms with Crippen molar-refractivity contribution < 1.29 is 13.2 Å². The summed E-state index contributed by atoms with van der Waals surface area (Å²) >= 11 is 0. The average Bonchev–Trinajstić information content (AvgIpc) is 3.25. The number of hydrogen-bond donors (Lipinski definition) is 0. The molecule has 0 amide bonds. The number of aromatic nitrogens is 4. The fourth-order valence-corrected chi connectivity index (χ4v) is 3.45. The molecule has 0 radical (unpaired) electrons. The van der Waals surface area contributed by atoms with Crippen LogP contribution in [0.3, 0.4) is 0 Å². The van der Waals surface area contributed by atoms with Gasteiger partial charge in [0.05, 0.1) is 6.04 Å². The van der Waals surface area contributed by atoms with Gasteiger partial charge in [-0.15, -0.1) is 0 Å². The van der Waals surface area contributed by atoms with Crippen molar-refractivity contribution in [1.29, 1.82) is 0 Å². The number of imidazole rings is 1. The largest absolute Gasteiger partial charge is 0.435 e. The van der Waals surface area contributed by atoms with Gasteiger partial charge in [-0.3, -0.25) is 9.58 Å². The van der Waals surface area contributed by atoms with Crippen LogP contribution in [0.15, 0.2) is 42.9 Å². The van der Waals surface area contributed by atoms with Crippen LogP contribution in [0.25, 0.3) is 5.65 Å². The molecule has 1 saturated heterocycles. The minimum absolute atomic E-state index is 0.0353. The lowest BCUT2D eigenvalue weighted by molar-refractivity contribution is -0.141. The zero-order valence-corrected chi connectivity index (χ0v) is 13.5. The van der Waals surface area contributed by atoms with Crippen LogP contribution in [-0.2, 0) is 12.7 Å². The molecule has 0 bridgehead atoms.